The Balaban J connectivity index is 1.23. The quantitative estimate of drug-likeness (QED) is 0.0681. The van der Waals surface area contributed by atoms with Crippen molar-refractivity contribution >= 4 is 23.3 Å². The molecule has 0 radical (unpaired) electrons. The van der Waals surface area contributed by atoms with Gasteiger partial charge in [0.05, 0.1) is 117 Å². The molecule has 0 spiro atoms. The van der Waals surface area contributed by atoms with Crippen molar-refractivity contribution < 1.29 is 57.0 Å². The first-order valence-corrected chi connectivity index (χ1v) is 19.3. The van der Waals surface area contributed by atoms with Gasteiger partial charge in [0, 0.05) is 24.5 Å². The van der Waals surface area contributed by atoms with Crippen LogP contribution in [0.2, 0.25) is 0 Å². The molecule has 2 rings (SSSR count). The van der Waals surface area contributed by atoms with E-state index in [0.29, 0.717) is 117 Å². The molecule has 0 aliphatic carbocycles. The molecule has 2 N–H and O–H groups in total. The molecule has 0 saturated heterocycles. The van der Waals surface area contributed by atoms with E-state index < -0.39 is 0 Å². The normalized spacial score (nSPS) is 11.1. The summed E-state index contributed by atoms with van der Waals surface area (Å²) in [5.41, 5.74) is 2.93. The van der Waals surface area contributed by atoms with Crippen LogP contribution in [0.1, 0.15) is 60.2 Å². The Morgan fingerprint density at radius 3 is 1.17 bits per heavy atom. The number of carbonyl (C=O) groups is 2. The lowest BCUT2D eigenvalue weighted by Gasteiger charge is -2.09. The van der Waals surface area contributed by atoms with Gasteiger partial charge in [0.25, 0.3) is 0 Å². The SMILES string of the molecule is CCCCNc1ccc(C(=O)OCCOCCOCCOCCOCCOCCOCCOCCOCCOC(=O)c2cccc(NCCCC)c2)cc1. The van der Waals surface area contributed by atoms with Gasteiger partial charge in [-0.2, -0.15) is 0 Å². The molecule has 0 saturated carbocycles. The van der Waals surface area contributed by atoms with Crippen LogP contribution in [0.25, 0.3) is 0 Å². The van der Waals surface area contributed by atoms with Gasteiger partial charge in [-0.05, 0) is 55.3 Å². The fraction of sp³-hybridized carbons (Fsp3) is 0.650. The summed E-state index contributed by atoms with van der Waals surface area (Å²) in [7, 11) is 0. The largest absolute Gasteiger partial charge is 0.460 e. The van der Waals surface area contributed by atoms with Crippen molar-refractivity contribution in [2.45, 2.75) is 39.5 Å². The minimum atomic E-state index is -0.366. The highest BCUT2D eigenvalue weighted by atomic mass is 16.6. The first kappa shape index (κ1) is 46.8. The van der Waals surface area contributed by atoms with Crippen LogP contribution < -0.4 is 10.6 Å². The topological polar surface area (TPSA) is 151 Å². The Kier molecular flexibility index (Phi) is 29.6. The van der Waals surface area contributed by atoms with Crippen LogP contribution in [-0.2, 0) is 47.4 Å². The summed E-state index contributed by atoms with van der Waals surface area (Å²) < 4.78 is 54.4. The van der Waals surface area contributed by atoms with E-state index in [-0.39, 0.29) is 25.2 Å². The summed E-state index contributed by atoms with van der Waals surface area (Å²) in [6.07, 6.45) is 4.42. The number of nitrogens with one attached hydrogen (secondary N) is 2. The first-order chi connectivity index (χ1) is 26.6. The molecule has 14 heteroatoms. The van der Waals surface area contributed by atoms with E-state index in [1.807, 2.05) is 24.3 Å². The van der Waals surface area contributed by atoms with Crippen molar-refractivity contribution in [1.82, 2.24) is 0 Å². The highest BCUT2D eigenvalue weighted by molar-refractivity contribution is 5.90. The third-order valence-electron chi connectivity index (χ3n) is 7.46. The van der Waals surface area contributed by atoms with Gasteiger partial charge >= 0.3 is 11.9 Å². The summed E-state index contributed by atoms with van der Waals surface area (Å²) in [5.74, 6) is -0.732. The molecular weight excluding hydrogens is 700 g/mol. The van der Waals surface area contributed by atoms with Gasteiger partial charge < -0.3 is 58.0 Å². The molecule has 2 aromatic rings. The van der Waals surface area contributed by atoms with Gasteiger partial charge in [0.15, 0.2) is 0 Å². The van der Waals surface area contributed by atoms with Gasteiger partial charge in [-0.15, -0.1) is 0 Å². The molecule has 0 aliphatic heterocycles. The standard InChI is InChI=1S/C40H64N2O12/c1-3-5-14-41-37-12-10-35(11-13-37)39(43)53-32-30-51-28-26-49-24-22-47-20-18-45-16-17-46-19-21-48-23-25-50-27-29-52-31-33-54-40(44)36-8-7-9-38(34-36)42-15-6-4-2/h7-13,34,41-42H,3-6,14-33H2,1-2H3. The number of anilines is 2. The molecule has 14 nitrogen and oxygen atoms in total. The average Bonchev–Trinajstić information content (AvgIpc) is 3.19. The van der Waals surface area contributed by atoms with Gasteiger partial charge in [-0.3, -0.25) is 0 Å². The van der Waals surface area contributed by atoms with E-state index in [9.17, 15) is 9.59 Å². The summed E-state index contributed by atoms with van der Waals surface area (Å²) in [5, 5.41) is 6.62. The molecule has 0 fully saturated rings. The maximum Gasteiger partial charge on any atom is 0.338 e. The van der Waals surface area contributed by atoms with Crippen LogP contribution in [0.15, 0.2) is 48.5 Å². The molecule has 0 aromatic heterocycles. The lowest BCUT2D eigenvalue weighted by Crippen LogP contribution is -2.16. The summed E-state index contributed by atoms with van der Waals surface area (Å²) in [4.78, 5) is 24.4. The summed E-state index contributed by atoms with van der Waals surface area (Å²) in [6, 6.07) is 14.6. The van der Waals surface area contributed by atoms with Crippen molar-refractivity contribution in [2.24, 2.45) is 0 Å². The number of rotatable bonds is 37. The predicted octanol–water partition coefficient (Wildman–Crippen LogP) is 5.26. The first-order valence-electron chi connectivity index (χ1n) is 19.3. The number of benzene rings is 2. The van der Waals surface area contributed by atoms with Crippen molar-refractivity contribution in [1.29, 1.82) is 0 Å². The van der Waals surface area contributed by atoms with Gasteiger partial charge in [0.1, 0.15) is 13.2 Å². The third-order valence-corrected chi connectivity index (χ3v) is 7.46. The van der Waals surface area contributed by atoms with E-state index >= 15 is 0 Å². The zero-order valence-corrected chi connectivity index (χ0v) is 32.5. The Bertz CT molecular complexity index is 1190. The zero-order chi connectivity index (χ0) is 38.6. The molecule has 54 heavy (non-hydrogen) atoms. The smallest absolute Gasteiger partial charge is 0.338 e. The molecule has 2 aromatic carbocycles. The second-order valence-corrected chi connectivity index (χ2v) is 11.9. The van der Waals surface area contributed by atoms with Crippen LogP contribution >= 0.6 is 0 Å². The van der Waals surface area contributed by atoms with Gasteiger partial charge in [0.2, 0.25) is 0 Å². The Labute approximate surface area is 321 Å². The second-order valence-electron chi connectivity index (χ2n) is 11.9. The second kappa shape index (κ2) is 34.2. The van der Waals surface area contributed by atoms with Crippen LogP contribution in [0, 0.1) is 0 Å². The maximum absolute atomic E-state index is 12.2. The summed E-state index contributed by atoms with van der Waals surface area (Å²) in [6.45, 7) is 13.4. The number of carbonyl (C=O) groups excluding carboxylic acids is 2. The lowest BCUT2D eigenvalue weighted by molar-refractivity contribution is -0.0254. The zero-order valence-electron chi connectivity index (χ0n) is 32.5. The van der Waals surface area contributed by atoms with E-state index in [1.165, 1.54) is 0 Å². The number of unbranched alkanes of at least 4 members (excludes halogenated alkanes) is 2. The predicted molar refractivity (Wildman–Crippen MR) is 207 cm³/mol. The number of ether oxygens (including phenoxy) is 10. The van der Waals surface area contributed by atoms with E-state index in [2.05, 4.69) is 24.5 Å². The molecular formula is C40H64N2O12. The molecule has 0 heterocycles. The highest BCUT2D eigenvalue weighted by Crippen LogP contribution is 2.13. The third kappa shape index (κ3) is 25.6. The Morgan fingerprint density at radius 2 is 0.778 bits per heavy atom. The van der Waals surface area contributed by atoms with Crippen molar-refractivity contribution in [3.63, 3.8) is 0 Å². The minimum Gasteiger partial charge on any atom is -0.460 e. The molecule has 0 atom stereocenters. The van der Waals surface area contributed by atoms with Crippen molar-refractivity contribution in [3.05, 3.63) is 59.7 Å². The van der Waals surface area contributed by atoms with E-state index in [4.69, 9.17) is 47.4 Å². The van der Waals surface area contributed by atoms with Crippen LogP contribution in [-0.4, -0.2) is 144 Å². The van der Waals surface area contributed by atoms with Gasteiger partial charge in [-0.1, -0.05) is 32.8 Å². The van der Waals surface area contributed by atoms with Crippen LogP contribution in [0.4, 0.5) is 11.4 Å². The minimum absolute atomic E-state index is 0.181. The lowest BCUT2D eigenvalue weighted by atomic mass is 10.2. The maximum atomic E-state index is 12.2. The average molecular weight is 765 g/mol. The fourth-order valence-corrected chi connectivity index (χ4v) is 4.49. The van der Waals surface area contributed by atoms with E-state index in [1.54, 1.807) is 24.3 Å². The number of hydrogen-bond acceptors (Lipinski definition) is 14. The van der Waals surface area contributed by atoms with Crippen LogP contribution in [0.3, 0.4) is 0 Å². The Morgan fingerprint density at radius 1 is 0.426 bits per heavy atom. The van der Waals surface area contributed by atoms with Crippen molar-refractivity contribution in [2.75, 3.05) is 143 Å². The Hall–Kier alpha value is -3.34. The number of hydrogen-bond donors (Lipinski definition) is 2. The molecule has 306 valence electrons. The van der Waals surface area contributed by atoms with Crippen LogP contribution in [0.5, 0.6) is 0 Å². The molecule has 0 aliphatic rings. The number of esters is 2. The summed E-state index contributed by atoms with van der Waals surface area (Å²) >= 11 is 0. The molecule has 0 amide bonds. The highest BCUT2D eigenvalue weighted by Gasteiger charge is 2.08. The fourth-order valence-electron chi connectivity index (χ4n) is 4.49. The monoisotopic (exact) mass is 764 g/mol. The molecule has 0 unspecified atom stereocenters. The van der Waals surface area contributed by atoms with E-state index in [0.717, 1.165) is 50.1 Å². The molecule has 0 bridgehead atoms. The van der Waals surface area contributed by atoms with Crippen molar-refractivity contribution in [3.8, 4) is 0 Å². The van der Waals surface area contributed by atoms with Gasteiger partial charge in [-0.25, -0.2) is 9.59 Å².